The predicted molar refractivity (Wildman–Crippen MR) is 101 cm³/mol. The van der Waals surface area contributed by atoms with Crippen LogP contribution < -0.4 is 4.90 Å². The summed E-state index contributed by atoms with van der Waals surface area (Å²) in [5, 5.41) is 0.941. The standard InChI is InChI=1S/C19H21N3O2S/c1-20-11-13-21(14-12-20)17-7-8-19-16(15-17)9-10-22(19)25(23,24)18-5-3-2-4-6-18/h2-10,15H,11-14H2,1H3. The Bertz CT molecular complexity index is 988. The minimum Gasteiger partial charge on any atom is -0.369 e. The second kappa shape index (κ2) is 6.20. The molecule has 0 amide bonds. The first-order valence-corrected chi connectivity index (χ1v) is 9.85. The molecule has 25 heavy (non-hydrogen) atoms. The number of hydrogen-bond acceptors (Lipinski definition) is 4. The van der Waals surface area contributed by atoms with Gasteiger partial charge in [-0.3, -0.25) is 0 Å². The Balaban J connectivity index is 1.71. The van der Waals surface area contributed by atoms with Gasteiger partial charge in [-0.05, 0) is 43.4 Å². The molecule has 0 atom stereocenters. The van der Waals surface area contributed by atoms with Gasteiger partial charge in [-0.2, -0.15) is 0 Å². The van der Waals surface area contributed by atoms with Gasteiger partial charge in [0, 0.05) is 43.4 Å². The maximum atomic E-state index is 12.9. The van der Waals surface area contributed by atoms with Crippen molar-refractivity contribution in [2.24, 2.45) is 0 Å². The van der Waals surface area contributed by atoms with E-state index in [9.17, 15) is 8.42 Å². The number of nitrogens with zero attached hydrogens (tertiary/aromatic N) is 3. The first-order valence-electron chi connectivity index (χ1n) is 8.41. The largest absolute Gasteiger partial charge is 0.369 e. The number of aromatic nitrogens is 1. The van der Waals surface area contributed by atoms with Crippen molar-refractivity contribution < 1.29 is 8.42 Å². The molecule has 2 heterocycles. The molecule has 3 aromatic rings. The summed E-state index contributed by atoms with van der Waals surface area (Å²) in [5.74, 6) is 0. The molecule has 1 aliphatic rings. The lowest BCUT2D eigenvalue weighted by molar-refractivity contribution is 0.313. The van der Waals surface area contributed by atoms with Crippen molar-refractivity contribution in [3.63, 3.8) is 0 Å². The first-order chi connectivity index (χ1) is 12.1. The van der Waals surface area contributed by atoms with Crippen LogP contribution in [0, 0.1) is 0 Å². The Morgan fingerprint density at radius 1 is 0.880 bits per heavy atom. The SMILES string of the molecule is CN1CCN(c2ccc3c(ccn3S(=O)(=O)c3ccccc3)c2)CC1. The van der Waals surface area contributed by atoms with E-state index in [1.807, 2.05) is 24.3 Å². The fraction of sp³-hybridized carbons (Fsp3) is 0.263. The summed E-state index contributed by atoms with van der Waals surface area (Å²) in [4.78, 5) is 4.97. The van der Waals surface area contributed by atoms with E-state index in [0.29, 0.717) is 10.4 Å². The lowest BCUT2D eigenvalue weighted by atomic mass is 10.2. The molecule has 5 nitrogen and oxygen atoms in total. The number of benzene rings is 2. The van der Waals surface area contributed by atoms with E-state index in [4.69, 9.17) is 0 Å². The monoisotopic (exact) mass is 355 g/mol. The molecular weight excluding hydrogens is 334 g/mol. The van der Waals surface area contributed by atoms with Crippen LogP contribution >= 0.6 is 0 Å². The van der Waals surface area contributed by atoms with Crippen molar-refractivity contribution >= 4 is 26.6 Å². The average molecular weight is 355 g/mol. The Kier molecular flexibility index (Phi) is 4.01. The van der Waals surface area contributed by atoms with Gasteiger partial charge in [0.25, 0.3) is 10.0 Å². The lowest BCUT2D eigenvalue weighted by Crippen LogP contribution is -2.44. The van der Waals surface area contributed by atoms with Crippen molar-refractivity contribution in [2.45, 2.75) is 4.90 Å². The number of piperazine rings is 1. The highest BCUT2D eigenvalue weighted by Crippen LogP contribution is 2.27. The van der Waals surface area contributed by atoms with E-state index in [0.717, 1.165) is 37.3 Å². The molecule has 0 N–H and O–H groups in total. The van der Waals surface area contributed by atoms with E-state index in [2.05, 4.69) is 22.9 Å². The van der Waals surface area contributed by atoms with Crippen LogP contribution in [0.5, 0.6) is 0 Å². The third kappa shape index (κ3) is 2.92. The topological polar surface area (TPSA) is 45.5 Å². The van der Waals surface area contributed by atoms with Gasteiger partial charge in [0.2, 0.25) is 0 Å². The molecule has 2 aromatic carbocycles. The molecule has 1 aromatic heterocycles. The summed E-state index contributed by atoms with van der Waals surface area (Å²) in [6, 6.07) is 16.4. The van der Waals surface area contributed by atoms with E-state index >= 15 is 0 Å². The van der Waals surface area contributed by atoms with Gasteiger partial charge in [0.05, 0.1) is 10.4 Å². The molecule has 1 aliphatic heterocycles. The van der Waals surface area contributed by atoms with Gasteiger partial charge in [0.15, 0.2) is 0 Å². The molecule has 4 rings (SSSR count). The molecule has 0 bridgehead atoms. The second-order valence-corrected chi connectivity index (χ2v) is 8.28. The van der Waals surface area contributed by atoms with Gasteiger partial charge in [-0.25, -0.2) is 12.4 Å². The highest BCUT2D eigenvalue weighted by molar-refractivity contribution is 7.90. The second-order valence-electron chi connectivity index (χ2n) is 6.46. The molecule has 1 fully saturated rings. The van der Waals surface area contributed by atoms with Crippen LogP contribution in [0.3, 0.4) is 0 Å². The molecule has 0 spiro atoms. The lowest BCUT2D eigenvalue weighted by Gasteiger charge is -2.34. The minimum absolute atomic E-state index is 0.302. The third-order valence-corrected chi connectivity index (χ3v) is 6.51. The van der Waals surface area contributed by atoms with Crippen LogP contribution in [0.1, 0.15) is 0 Å². The van der Waals surface area contributed by atoms with E-state index in [-0.39, 0.29) is 0 Å². The Labute approximate surface area is 148 Å². The normalized spacial score (nSPS) is 16.4. The number of hydrogen-bond donors (Lipinski definition) is 0. The fourth-order valence-electron chi connectivity index (χ4n) is 3.28. The Hall–Kier alpha value is -2.31. The molecule has 0 aliphatic carbocycles. The molecular formula is C19H21N3O2S. The first kappa shape index (κ1) is 16.2. The van der Waals surface area contributed by atoms with Gasteiger partial charge in [-0.15, -0.1) is 0 Å². The van der Waals surface area contributed by atoms with Crippen molar-refractivity contribution in [3.05, 3.63) is 60.8 Å². The van der Waals surface area contributed by atoms with E-state index in [1.54, 1.807) is 30.5 Å². The number of rotatable bonds is 3. The molecule has 0 unspecified atom stereocenters. The van der Waals surface area contributed by atoms with Crippen LogP contribution in [0.4, 0.5) is 5.69 Å². The molecule has 6 heteroatoms. The highest BCUT2D eigenvalue weighted by atomic mass is 32.2. The van der Waals surface area contributed by atoms with Crippen molar-refractivity contribution in [1.29, 1.82) is 0 Å². The smallest absolute Gasteiger partial charge is 0.268 e. The van der Waals surface area contributed by atoms with E-state index < -0.39 is 10.0 Å². The third-order valence-electron chi connectivity index (χ3n) is 4.81. The zero-order valence-electron chi connectivity index (χ0n) is 14.2. The Morgan fingerprint density at radius 2 is 1.60 bits per heavy atom. The highest BCUT2D eigenvalue weighted by Gasteiger charge is 2.20. The number of anilines is 1. The number of likely N-dealkylation sites (N-methyl/N-ethyl adjacent to an activating group) is 1. The summed E-state index contributed by atoms with van der Waals surface area (Å²) in [6.45, 7) is 4.07. The summed E-state index contributed by atoms with van der Waals surface area (Å²) >= 11 is 0. The maximum Gasteiger partial charge on any atom is 0.268 e. The van der Waals surface area contributed by atoms with Crippen LogP contribution in [-0.4, -0.2) is 50.5 Å². The molecule has 0 radical (unpaired) electrons. The van der Waals surface area contributed by atoms with Crippen molar-refractivity contribution in [3.8, 4) is 0 Å². The van der Waals surface area contributed by atoms with Gasteiger partial charge in [0.1, 0.15) is 0 Å². The number of fused-ring (bicyclic) bond motifs is 1. The summed E-state index contributed by atoms with van der Waals surface area (Å²) in [5.41, 5.74) is 1.86. The minimum atomic E-state index is -3.57. The average Bonchev–Trinajstić information content (AvgIpc) is 3.07. The van der Waals surface area contributed by atoms with Crippen LogP contribution in [-0.2, 0) is 10.0 Å². The van der Waals surface area contributed by atoms with Gasteiger partial charge >= 0.3 is 0 Å². The summed E-state index contributed by atoms with van der Waals surface area (Å²) < 4.78 is 27.1. The summed E-state index contributed by atoms with van der Waals surface area (Å²) in [6.07, 6.45) is 1.64. The Morgan fingerprint density at radius 3 is 2.32 bits per heavy atom. The van der Waals surface area contributed by atoms with Crippen molar-refractivity contribution in [2.75, 3.05) is 38.1 Å². The van der Waals surface area contributed by atoms with Crippen LogP contribution in [0.2, 0.25) is 0 Å². The molecule has 1 saturated heterocycles. The fourth-order valence-corrected chi connectivity index (χ4v) is 4.66. The van der Waals surface area contributed by atoms with E-state index in [1.165, 1.54) is 3.97 Å². The molecule has 130 valence electrons. The zero-order valence-corrected chi connectivity index (χ0v) is 15.0. The summed E-state index contributed by atoms with van der Waals surface area (Å²) in [7, 11) is -1.44. The van der Waals surface area contributed by atoms with Gasteiger partial charge in [-0.1, -0.05) is 18.2 Å². The quantitative estimate of drug-likeness (QED) is 0.725. The maximum absolute atomic E-state index is 12.9. The molecule has 0 saturated carbocycles. The predicted octanol–water partition coefficient (Wildman–Crippen LogP) is 2.63. The van der Waals surface area contributed by atoms with Crippen LogP contribution in [0.15, 0.2) is 65.7 Å². The van der Waals surface area contributed by atoms with Gasteiger partial charge < -0.3 is 9.80 Å². The van der Waals surface area contributed by atoms with Crippen molar-refractivity contribution in [1.82, 2.24) is 8.87 Å². The zero-order chi connectivity index (χ0) is 17.4. The van der Waals surface area contributed by atoms with Crippen LogP contribution in [0.25, 0.3) is 10.9 Å².